The number of rotatable bonds is 2. The molecule has 2 aromatic rings. The summed E-state index contributed by atoms with van der Waals surface area (Å²) in [6.07, 6.45) is 3.05. The zero-order valence-electron chi connectivity index (χ0n) is 9.01. The second-order valence-electron chi connectivity index (χ2n) is 3.43. The highest BCUT2D eigenvalue weighted by atomic mass is 16.5. The highest BCUT2D eigenvalue weighted by Crippen LogP contribution is 2.20. The topological polar surface area (TPSA) is 26.3 Å². The van der Waals surface area contributed by atoms with E-state index in [2.05, 4.69) is 0 Å². The fraction of sp³-hybridized carbons (Fsp3) is 0.0714. The van der Waals surface area contributed by atoms with Crippen LogP contribution in [0.3, 0.4) is 0 Å². The van der Waals surface area contributed by atoms with Crippen molar-refractivity contribution >= 4 is 16.7 Å². The molecule has 2 aromatic carbocycles. The summed E-state index contributed by atoms with van der Waals surface area (Å²) in [4.78, 5) is 11.2. The van der Waals surface area contributed by atoms with Crippen molar-refractivity contribution in [3.8, 4) is 5.75 Å². The van der Waals surface area contributed by atoms with Gasteiger partial charge in [-0.15, -0.1) is 0 Å². The minimum Gasteiger partial charge on any atom is -0.423 e. The van der Waals surface area contributed by atoms with Crippen LogP contribution in [0.2, 0.25) is 0 Å². The molecular formula is C14H12O2. The Balaban J connectivity index is 2.29. The Labute approximate surface area is 94.2 Å². The molecule has 0 aromatic heterocycles. The third-order valence-corrected chi connectivity index (χ3v) is 2.24. The van der Waals surface area contributed by atoms with Gasteiger partial charge in [0, 0.05) is 6.08 Å². The highest BCUT2D eigenvalue weighted by Gasteiger charge is 2.00. The number of benzene rings is 2. The predicted octanol–water partition coefficient (Wildman–Crippen LogP) is 3.32. The van der Waals surface area contributed by atoms with Gasteiger partial charge < -0.3 is 4.74 Å². The molecule has 0 saturated carbocycles. The number of carbonyl (C=O) groups is 1. The average molecular weight is 212 g/mol. The van der Waals surface area contributed by atoms with Crippen LogP contribution in [-0.4, -0.2) is 5.97 Å². The smallest absolute Gasteiger partial charge is 0.335 e. The molecule has 0 aliphatic heterocycles. The first-order chi connectivity index (χ1) is 7.79. The molecule has 2 heteroatoms. The zero-order chi connectivity index (χ0) is 11.4. The molecule has 0 spiro atoms. The largest absolute Gasteiger partial charge is 0.423 e. The SMILES string of the molecule is C/C=C/C(=O)Oc1ccc2ccccc2c1. The predicted molar refractivity (Wildman–Crippen MR) is 64.4 cm³/mol. The molecule has 0 amide bonds. The number of esters is 1. The van der Waals surface area contributed by atoms with Crippen molar-refractivity contribution in [1.29, 1.82) is 0 Å². The van der Waals surface area contributed by atoms with E-state index >= 15 is 0 Å². The third-order valence-electron chi connectivity index (χ3n) is 2.24. The molecule has 0 fully saturated rings. The Morgan fingerprint density at radius 1 is 1.12 bits per heavy atom. The maximum absolute atomic E-state index is 11.2. The van der Waals surface area contributed by atoms with Gasteiger partial charge in [0.15, 0.2) is 0 Å². The molecular weight excluding hydrogens is 200 g/mol. The first kappa shape index (κ1) is 10.4. The summed E-state index contributed by atoms with van der Waals surface area (Å²) in [6, 6.07) is 13.5. The van der Waals surface area contributed by atoms with Gasteiger partial charge in [0.05, 0.1) is 0 Å². The Bertz CT molecular complexity index is 541. The molecule has 0 aliphatic rings. The van der Waals surface area contributed by atoms with E-state index in [0.717, 1.165) is 10.8 Å². The van der Waals surface area contributed by atoms with Crippen LogP contribution in [0.15, 0.2) is 54.6 Å². The molecule has 0 aliphatic carbocycles. The molecule has 80 valence electrons. The van der Waals surface area contributed by atoms with Crippen LogP contribution >= 0.6 is 0 Å². The molecule has 0 radical (unpaired) electrons. The summed E-state index contributed by atoms with van der Waals surface area (Å²) < 4.78 is 5.14. The lowest BCUT2D eigenvalue weighted by atomic mass is 10.1. The van der Waals surface area contributed by atoms with Crippen molar-refractivity contribution in [2.75, 3.05) is 0 Å². The summed E-state index contributed by atoms with van der Waals surface area (Å²) in [6.45, 7) is 1.78. The molecule has 16 heavy (non-hydrogen) atoms. The third kappa shape index (κ3) is 2.28. The Morgan fingerprint density at radius 3 is 2.62 bits per heavy atom. The maximum Gasteiger partial charge on any atom is 0.335 e. The van der Waals surface area contributed by atoms with Gasteiger partial charge >= 0.3 is 5.97 Å². The van der Waals surface area contributed by atoms with E-state index in [4.69, 9.17) is 4.74 Å². The van der Waals surface area contributed by atoms with Crippen molar-refractivity contribution in [2.45, 2.75) is 6.92 Å². The molecule has 0 atom stereocenters. The summed E-state index contributed by atoms with van der Waals surface area (Å²) >= 11 is 0. The van der Waals surface area contributed by atoms with E-state index in [1.54, 1.807) is 19.1 Å². The second-order valence-corrected chi connectivity index (χ2v) is 3.43. The Kier molecular flexibility index (Phi) is 3.01. The van der Waals surface area contributed by atoms with E-state index in [1.807, 2.05) is 36.4 Å². The van der Waals surface area contributed by atoms with Crippen molar-refractivity contribution in [3.63, 3.8) is 0 Å². The van der Waals surface area contributed by atoms with Crippen LogP contribution in [-0.2, 0) is 4.79 Å². The van der Waals surface area contributed by atoms with Gasteiger partial charge in [-0.1, -0.05) is 36.4 Å². The normalized spacial score (nSPS) is 10.8. The second kappa shape index (κ2) is 4.62. The van der Waals surface area contributed by atoms with E-state index in [-0.39, 0.29) is 5.97 Å². The Morgan fingerprint density at radius 2 is 1.88 bits per heavy atom. The monoisotopic (exact) mass is 212 g/mol. The van der Waals surface area contributed by atoms with Gasteiger partial charge in [-0.25, -0.2) is 4.79 Å². The zero-order valence-corrected chi connectivity index (χ0v) is 9.01. The molecule has 0 unspecified atom stereocenters. The maximum atomic E-state index is 11.2. The molecule has 0 heterocycles. The van der Waals surface area contributed by atoms with Crippen LogP contribution in [0.25, 0.3) is 10.8 Å². The minimum absolute atomic E-state index is 0.349. The van der Waals surface area contributed by atoms with Gasteiger partial charge in [-0.3, -0.25) is 0 Å². The number of ether oxygens (including phenoxy) is 1. The average Bonchev–Trinajstić information content (AvgIpc) is 2.29. The van der Waals surface area contributed by atoms with Gasteiger partial charge in [-0.2, -0.15) is 0 Å². The first-order valence-electron chi connectivity index (χ1n) is 5.13. The summed E-state index contributed by atoms with van der Waals surface area (Å²) in [7, 11) is 0. The van der Waals surface area contributed by atoms with Crippen LogP contribution in [0.4, 0.5) is 0 Å². The van der Waals surface area contributed by atoms with E-state index in [0.29, 0.717) is 5.75 Å². The molecule has 2 rings (SSSR count). The van der Waals surface area contributed by atoms with Crippen LogP contribution in [0.5, 0.6) is 5.75 Å². The lowest BCUT2D eigenvalue weighted by molar-refractivity contribution is -0.128. The van der Waals surface area contributed by atoms with Crippen LogP contribution < -0.4 is 4.74 Å². The van der Waals surface area contributed by atoms with E-state index < -0.39 is 0 Å². The summed E-state index contributed by atoms with van der Waals surface area (Å²) in [5, 5.41) is 2.20. The fourth-order valence-corrected chi connectivity index (χ4v) is 1.52. The number of hydrogen-bond donors (Lipinski definition) is 0. The number of allylic oxidation sites excluding steroid dienone is 1. The van der Waals surface area contributed by atoms with Crippen LogP contribution in [0.1, 0.15) is 6.92 Å². The molecule has 0 N–H and O–H groups in total. The van der Waals surface area contributed by atoms with Crippen LogP contribution in [0, 0.1) is 0 Å². The van der Waals surface area contributed by atoms with Crippen molar-refractivity contribution in [2.24, 2.45) is 0 Å². The number of fused-ring (bicyclic) bond motifs is 1. The first-order valence-corrected chi connectivity index (χ1v) is 5.13. The van der Waals surface area contributed by atoms with Gasteiger partial charge in [0.25, 0.3) is 0 Å². The van der Waals surface area contributed by atoms with E-state index in [1.165, 1.54) is 6.08 Å². The van der Waals surface area contributed by atoms with Crippen molar-refractivity contribution < 1.29 is 9.53 Å². The number of hydrogen-bond acceptors (Lipinski definition) is 2. The number of carbonyl (C=O) groups excluding carboxylic acids is 1. The minimum atomic E-state index is -0.349. The summed E-state index contributed by atoms with van der Waals surface area (Å²) in [5.74, 6) is 0.222. The van der Waals surface area contributed by atoms with E-state index in [9.17, 15) is 4.79 Å². The van der Waals surface area contributed by atoms with Gasteiger partial charge in [0.1, 0.15) is 5.75 Å². The lowest BCUT2D eigenvalue weighted by Crippen LogP contribution is -2.03. The quantitative estimate of drug-likeness (QED) is 0.433. The standard InChI is InChI=1S/C14H12O2/c1-2-5-14(15)16-13-9-8-11-6-3-4-7-12(11)10-13/h2-10H,1H3/b5-2+. The van der Waals surface area contributed by atoms with Crippen molar-refractivity contribution in [3.05, 3.63) is 54.6 Å². The lowest BCUT2D eigenvalue weighted by Gasteiger charge is -2.03. The van der Waals surface area contributed by atoms with Gasteiger partial charge in [-0.05, 0) is 29.8 Å². The highest BCUT2D eigenvalue weighted by molar-refractivity contribution is 5.87. The molecule has 2 nitrogen and oxygen atoms in total. The molecule has 0 saturated heterocycles. The van der Waals surface area contributed by atoms with Crippen molar-refractivity contribution in [1.82, 2.24) is 0 Å². The summed E-state index contributed by atoms with van der Waals surface area (Å²) in [5.41, 5.74) is 0. The Hall–Kier alpha value is -2.09. The fourth-order valence-electron chi connectivity index (χ4n) is 1.52. The van der Waals surface area contributed by atoms with Gasteiger partial charge in [0.2, 0.25) is 0 Å². The molecule has 0 bridgehead atoms.